The minimum Gasteiger partial charge on any atom is -0.371 e. The molecule has 1 aromatic rings. The molecule has 1 heterocycles. The van der Waals surface area contributed by atoms with Crippen LogP contribution in [-0.4, -0.2) is 16.9 Å². The van der Waals surface area contributed by atoms with E-state index in [0.29, 0.717) is 12.5 Å². The maximum Gasteiger partial charge on any atom is 0.192 e. The summed E-state index contributed by atoms with van der Waals surface area (Å²) < 4.78 is 0.278. The number of unbranched alkanes of at least 4 members (excludes halogenated alkanes) is 1. The summed E-state index contributed by atoms with van der Waals surface area (Å²) in [5.41, 5.74) is 3.04. The van der Waals surface area contributed by atoms with Crippen LogP contribution in [0.4, 0.5) is 5.69 Å². The molecule has 0 bridgehead atoms. The van der Waals surface area contributed by atoms with E-state index in [0.717, 1.165) is 19.3 Å². The number of nitrogens with zero attached hydrogens (tertiary/aromatic N) is 1. The van der Waals surface area contributed by atoms with E-state index in [9.17, 15) is 4.79 Å². The molecule has 0 N–H and O–H groups in total. The molecule has 0 radical (unpaired) electrons. The number of carbonyl (C=O) groups is 1. The number of rotatable bonds is 5. The molecular weight excluding hydrogens is 349 g/mol. The Hall–Kier alpha value is -0.580. The van der Waals surface area contributed by atoms with Gasteiger partial charge >= 0.3 is 0 Å². The van der Waals surface area contributed by atoms with E-state index < -0.39 is 0 Å². The average Bonchev–Trinajstić information content (AvgIpc) is 2.58. The van der Waals surface area contributed by atoms with Gasteiger partial charge in [0, 0.05) is 30.6 Å². The van der Waals surface area contributed by atoms with Gasteiger partial charge in [-0.1, -0.05) is 31.5 Å². The lowest BCUT2D eigenvalue weighted by molar-refractivity contribution is -0.109. The summed E-state index contributed by atoms with van der Waals surface area (Å²) in [7, 11) is 2.18. The zero-order valence-electron chi connectivity index (χ0n) is 11.9. The molecule has 0 aliphatic carbocycles. The van der Waals surface area contributed by atoms with Crippen LogP contribution in [-0.2, 0) is 10.2 Å². The molecule has 2 rings (SSSR count). The number of fused-ring (bicyclic) bond motifs is 1. The maximum atomic E-state index is 11.0. The van der Waals surface area contributed by atoms with E-state index in [1.807, 2.05) is 22.6 Å². The van der Waals surface area contributed by atoms with Crippen LogP contribution >= 0.6 is 22.6 Å². The minimum absolute atomic E-state index is 0.208. The number of hydrogen-bond donors (Lipinski definition) is 0. The van der Waals surface area contributed by atoms with Gasteiger partial charge in [0.25, 0.3) is 0 Å². The Bertz CT molecular complexity index is 474. The Morgan fingerprint density at radius 3 is 2.74 bits per heavy atom. The van der Waals surface area contributed by atoms with Crippen LogP contribution in [0.3, 0.4) is 0 Å². The molecule has 2 nitrogen and oxygen atoms in total. The average molecular weight is 371 g/mol. The summed E-state index contributed by atoms with van der Waals surface area (Å²) in [6, 6.07) is 9.24. The highest BCUT2D eigenvalue weighted by molar-refractivity contribution is 14.1. The normalized spacial score (nSPS) is 25.5. The molecular formula is C16H22INO. The highest BCUT2D eigenvalue weighted by Gasteiger charge is 2.42. The fraction of sp³-hybridized carbons (Fsp3) is 0.562. The summed E-state index contributed by atoms with van der Waals surface area (Å²) in [5, 5.41) is 0. The second-order valence-corrected chi connectivity index (χ2v) is 6.99. The second kappa shape index (κ2) is 5.81. The van der Waals surface area contributed by atoms with Crippen LogP contribution in [0.5, 0.6) is 0 Å². The number of para-hydroxylation sites is 1. The highest BCUT2D eigenvalue weighted by Crippen LogP contribution is 2.47. The van der Waals surface area contributed by atoms with E-state index in [1.165, 1.54) is 11.3 Å². The zero-order chi connectivity index (χ0) is 14.0. The third kappa shape index (κ3) is 2.81. The van der Waals surface area contributed by atoms with Crippen LogP contribution in [0.2, 0.25) is 0 Å². The summed E-state index contributed by atoms with van der Waals surface area (Å²) >= 11 is 1.89. The summed E-state index contributed by atoms with van der Waals surface area (Å²) in [5.74, 6) is 0. The van der Waals surface area contributed by atoms with Crippen molar-refractivity contribution in [2.45, 2.75) is 51.0 Å². The van der Waals surface area contributed by atoms with Gasteiger partial charge in [-0.05, 0) is 54.0 Å². The molecule has 2 unspecified atom stereocenters. The highest BCUT2D eigenvalue weighted by atomic mass is 127. The molecule has 0 spiro atoms. The Morgan fingerprint density at radius 2 is 2.05 bits per heavy atom. The van der Waals surface area contributed by atoms with Gasteiger partial charge in [0.1, 0.15) is 0 Å². The molecule has 0 amide bonds. The molecule has 19 heavy (non-hydrogen) atoms. The Kier molecular flexibility index (Phi) is 4.54. The fourth-order valence-corrected chi connectivity index (χ4v) is 3.61. The molecule has 0 fully saturated rings. The minimum atomic E-state index is 0.208. The third-order valence-corrected chi connectivity index (χ3v) is 5.26. The Balaban J connectivity index is 2.11. The van der Waals surface area contributed by atoms with Crippen molar-refractivity contribution >= 4 is 32.1 Å². The van der Waals surface area contributed by atoms with Gasteiger partial charge in [-0.3, -0.25) is 4.79 Å². The van der Waals surface area contributed by atoms with Crippen molar-refractivity contribution in [3.8, 4) is 0 Å². The van der Waals surface area contributed by atoms with Gasteiger partial charge in [-0.25, -0.2) is 0 Å². The van der Waals surface area contributed by atoms with E-state index in [4.69, 9.17) is 0 Å². The van der Waals surface area contributed by atoms with E-state index in [-0.39, 0.29) is 9.20 Å². The zero-order valence-corrected chi connectivity index (χ0v) is 14.1. The third-order valence-electron chi connectivity index (χ3n) is 4.72. The van der Waals surface area contributed by atoms with E-state index in [2.05, 4.69) is 50.1 Å². The molecule has 104 valence electrons. The van der Waals surface area contributed by atoms with Crippen molar-refractivity contribution in [1.29, 1.82) is 0 Å². The van der Waals surface area contributed by atoms with Crippen molar-refractivity contribution in [2.75, 3.05) is 11.9 Å². The monoisotopic (exact) mass is 371 g/mol. The molecule has 1 aromatic carbocycles. The Labute approximate surface area is 129 Å². The quantitative estimate of drug-likeness (QED) is 0.437. The summed E-state index contributed by atoms with van der Waals surface area (Å²) in [6.45, 7) is 4.68. The van der Waals surface area contributed by atoms with E-state index in [1.54, 1.807) is 0 Å². The first kappa shape index (κ1) is 14.8. The van der Waals surface area contributed by atoms with Crippen molar-refractivity contribution in [3.05, 3.63) is 29.8 Å². The number of hydrogen-bond acceptors (Lipinski definition) is 2. The molecule has 3 heteroatoms. The predicted molar refractivity (Wildman–Crippen MR) is 89.2 cm³/mol. The van der Waals surface area contributed by atoms with Crippen molar-refractivity contribution in [1.82, 2.24) is 0 Å². The maximum absolute atomic E-state index is 11.0. The lowest BCUT2D eigenvalue weighted by atomic mass is 9.75. The molecule has 0 saturated carbocycles. The lowest BCUT2D eigenvalue weighted by Crippen LogP contribution is -2.38. The first-order chi connectivity index (χ1) is 8.97. The topological polar surface area (TPSA) is 20.3 Å². The summed E-state index contributed by atoms with van der Waals surface area (Å²) in [6.07, 6.45) is 4.00. The lowest BCUT2D eigenvalue weighted by Gasteiger charge is -2.32. The van der Waals surface area contributed by atoms with Gasteiger partial charge in [0.15, 0.2) is 3.79 Å². The van der Waals surface area contributed by atoms with Crippen molar-refractivity contribution in [2.24, 2.45) is 0 Å². The van der Waals surface area contributed by atoms with Crippen LogP contribution in [0.15, 0.2) is 24.3 Å². The molecule has 1 aliphatic rings. The van der Waals surface area contributed by atoms with Gasteiger partial charge < -0.3 is 4.90 Å². The summed E-state index contributed by atoms with van der Waals surface area (Å²) in [4.78, 5) is 13.4. The largest absolute Gasteiger partial charge is 0.371 e. The van der Waals surface area contributed by atoms with Crippen molar-refractivity contribution in [3.63, 3.8) is 0 Å². The van der Waals surface area contributed by atoms with Gasteiger partial charge in [-0.2, -0.15) is 0 Å². The fourth-order valence-electron chi connectivity index (χ4n) is 3.22. The number of halogens is 1. The molecule has 0 saturated heterocycles. The first-order valence-electron chi connectivity index (χ1n) is 6.97. The first-order valence-corrected chi connectivity index (χ1v) is 8.05. The number of likely N-dealkylation sites (N-methyl/N-ethyl adjacent to an activating group) is 1. The van der Waals surface area contributed by atoms with Crippen molar-refractivity contribution < 1.29 is 4.79 Å². The van der Waals surface area contributed by atoms with Crippen LogP contribution in [0.1, 0.15) is 45.1 Å². The molecule has 1 aliphatic heterocycles. The smallest absolute Gasteiger partial charge is 0.192 e. The molecule has 2 atom stereocenters. The Morgan fingerprint density at radius 1 is 1.37 bits per heavy atom. The predicted octanol–water partition coefficient (Wildman–Crippen LogP) is 4.30. The van der Waals surface area contributed by atoms with Gasteiger partial charge in [-0.15, -0.1) is 0 Å². The second-order valence-electron chi connectivity index (χ2n) is 5.78. The molecule has 0 aromatic heterocycles. The SMILES string of the molecule is CC1N(C)c2ccccc2C1(C)CCCCC(=O)I. The van der Waals surface area contributed by atoms with Crippen LogP contribution in [0.25, 0.3) is 0 Å². The van der Waals surface area contributed by atoms with Crippen LogP contribution < -0.4 is 4.90 Å². The number of anilines is 1. The number of carbonyl (C=O) groups excluding carboxylic acids is 1. The van der Waals surface area contributed by atoms with Crippen LogP contribution in [0, 0.1) is 0 Å². The number of benzene rings is 1. The standard InChI is InChI=1S/C16H22INO/c1-12-16(2,11-7-6-10-15(17)19)13-8-4-5-9-14(13)18(12)3/h4-5,8-9,12H,6-7,10-11H2,1-3H3. The van der Waals surface area contributed by atoms with Gasteiger partial charge in [0.05, 0.1) is 0 Å². The van der Waals surface area contributed by atoms with Gasteiger partial charge in [0.2, 0.25) is 0 Å². The van der Waals surface area contributed by atoms with E-state index >= 15 is 0 Å².